The first-order chi connectivity index (χ1) is 20.4. The number of rotatable bonds is 13. The number of anilines is 1. The quantitative estimate of drug-likeness (QED) is 0.169. The van der Waals surface area contributed by atoms with Gasteiger partial charge in [0.25, 0.3) is 5.91 Å². The van der Waals surface area contributed by atoms with Gasteiger partial charge in [-0.2, -0.15) is 0 Å². The van der Waals surface area contributed by atoms with Crippen molar-refractivity contribution in [3.63, 3.8) is 0 Å². The van der Waals surface area contributed by atoms with Crippen LogP contribution in [0.25, 0.3) is 0 Å². The molecule has 0 spiro atoms. The zero-order valence-corrected chi connectivity index (χ0v) is 27.4. The van der Waals surface area contributed by atoms with E-state index in [1.807, 2.05) is 59.0 Å². The minimum absolute atomic E-state index is 0.0684. The SMILES string of the molecule is CCN1CCN(c2cccc3c2CN([C@H](CCCNS(C)(P=O)c2cccs2)c2ccc(OC)c(OC)c2)C3=O)CC1. The molecule has 0 radical (unpaired) electrons. The molecular formula is C31H41N4O4PS2. The third kappa shape index (κ3) is 6.33. The van der Waals surface area contributed by atoms with Gasteiger partial charge in [0.2, 0.25) is 7.66 Å². The van der Waals surface area contributed by atoms with Crippen molar-refractivity contribution in [2.75, 3.05) is 64.6 Å². The highest BCUT2D eigenvalue weighted by Gasteiger charge is 2.36. The van der Waals surface area contributed by atoms with Crippen molar-refractivity contribution in [1.29, 1.82) is 0 Å². The van der Waals surface area contributed by atoms with Crippen LogP contribution in [0.4, 0.5) is 5.69 Å². The number of carbonyl (C=O) groups is 1. The fraction of sp³-hybridized carbons (Fsp3) is 0.452. The van der Waals surface area contributed by atoms with Crippen LogP contribution in [0.3, 0.4) is 0 Å². The third-order valence-corrected chi connectivity index (χ3v) is 14.5. The fourth-order valence-electron chi connectivity index (χ4n) is 5.94. The van der Waals surface area contributed by atoms with Crippen molar-refractivity contribution in [2.24, 2.45) is 0 Å². The fourth-order valence-corrected chi connectivity index (χ4v) is 10.1. The molecule has 0 saturated carbocycles. The van der Waals surface area contributed by atoms with Gasteiger partial charge in [-0.25, -0.2) is 0 Å². The van der Waals surface area contributed by atoms with Crippen LogP contribution in [0.1, 0.15) is 47.3 Å². The van der Waals surface area contributed by atoms with Crippen molar-refractivity contribution in [2.45, 2.75) is 36.6 Å². The average Bonchev–Trinajstić information content (AvgIpc) is 3.70. The van der Waals surface area contributed by atoms with Gasteiger partial charge in [0.1, 0.15) is 0 Å². The number of thiophene rings is 1. The Morgan fingerprint density at radius 2 is 1.83 bits per heavy atom. The van der Waals surface area contributed by atoms with Gasteiger partial charge in [-0.05, 0) is 66.9 Å². The molecule has 8 nitrogen and oxygen atoms in total. The summed E-state index contributed by atoms with van der Waals surface area (Å²) in [6, 6.07) is 16.0. The Kier molecular flexibility index (Phi) is 10.1. The second-order valence-corrected chi connectivity index (χ2v) is 17.2. The molecule has 1 N–H and O–H groups in total. The number of nitrogens with zero attached hydrogens (tertiary/aromatic N) is 3. The number of fused-ring (bicyclic) bond motifs is 1. The molecule has 1 amide bonds. The number of piperazine rings is 1. The monoisotopic (exact) mass is 628 g/mol. The van der Waals surface area contributed by atoms with E-state index in [1.165, 1.54) is 5.69 Å². The summed E-state index contributed by atoms with van der Waals surface area (Å²) >= 11 is 1.63. The van der Waals surface area contributed by atoms with E-state index >= 15 is 0 Å². The number of ether oxygens (including phenoxy) is 2. The van der Waals surface area contributed by atoms with E-state index in [0.717, 1.165) is 66.5 Å². The van der Waals surface area contributed by atoms with Crippen molar-refractivity contribution in [3.05, 3.63) is 70.6 Å². The Bertz CT molecular complexity index is 1380. The van der Waals surface area contributed by atoms with Gasteiger partial charge in [-0.15, -0.1) is 11.3 Å². The Hall–Kier alpha value is -2.62. The smallest absolute Gasteiger partial charge is 0.255 e. The molecule has 5 rings (SSSR count). The predicted octanol–water partition coefficient (Wildman–Crippen LogP) is 6.59. The van der Waals surface area contributed by atoms with E-state index in [0.29, 0.717) is 24.6 Å². The molecular weight excluding hydrogens is 587 g/mol. The maximum absolute atomic E-state index is 14.0. The molecule has 0 aliphatic carbocycles. The molecule has 1 fully saturated rings. The van der Waals surface area contributed by atoms with Gasteiger partial charge in [0.15, 0.2) is 11.5 Å². The average molecular weight is 629 g/mol. The van der Waals surface area contributed by atoms with Crippen molar-refractivity contribution < 1.29 is 18.8 Å². The number of benzene rings is 2. The first kappa shape index (κ1) is 30.8. The molecule has 2 aromatic carbocycles. The van der Waals surface area contributed by atoms with Gasteiger partial charge in [-0.3, -0.25) is 14.1 Å². The van der Waals surface area contributed by atoms with Crippen molar-refractivity contribution in [1.82, 2.24) is 14.5 Å². The molecule has 1 unspecified atom stereocenters. The van der Waals surface area contributed by atoms with Crippen LogP contribution in [0.5, 0.6) is 11.5 Å². The zero-order valence-electron chi connectivity index (χ0n) is 24.9. The van der Waals surface area contributed by atoms with E-state index in [9.17, 15) is 9.36 Å². The summed E-state index contributed by atoms with van der Waals surface area (Å²) in [5.74, 6) is 1.38. The largest absolute Gasteiger partial charge is 0.493 e. The lowest BCUT2D eigenvalue weighted by molar-refractivity contribution is 0.0689. The maximum atomic E-state index is 14.0. The summed E-state index contributed by atoms with van der Waals surface area (Å²) in [6.45, 7) is 8.55. The number of hydrogen-bond donors (Lipinski definition) is 1. The normalized spacial score (nSPS) is 18.5. The molecule has 11 heteroatoms. The maximum Gasteiger partial charge on any atom is 0.255 e. The summed E-state index contributed by atoms with van der Waals surface area (Å²) in [5, 5.41) is 2.02. The lowest BCUT2D eigenvalue weighted by atomic mass is 9.99. The molecule has 3 heterocycles. The number of hydrogen-bond acceptors (Lipinski definition) is 8. The van der Waals surface area contributed by atoms with Crippen LogP contribution in [-0.4, -0.2) is 75.5 Å². The number of carbonyl (C=O) groups excluding carboxylic acids is 1. The summed E-state index contributed by atoms with van der Waals surface area (Å²) in [6.07, 6.45) is 3.61. The molecule has 226 valence electrons. The second-order valence-electron chi connectivity index (χ2n) is 10.7. The highest BCUT2D eigenvalue weighted by molar-refractivity contribution is 8.69. The molecule has 1 saturated heterocycles. The standard InChI is InChI=1S/C31H41N4O4PS2/c1-5-33-16-18-34(19-17-33)27-10-6-9-24-25(27)22-35(31(24)36)26(23-13-14-28(38-2)29(21-23)39-3)11-7-15-32-42(4,40-37)30-12-8-20-41-30/h6,8-10,12-14,20-21,26,32H,5,7,11,15-19,22H2,1-4H3/t26-/m1/s1. The van der Waals surface area contributed by atoms with Gasteiger partial charge in [-0.1, -0.05) is 35.0 Å². The Morgan fingerprint density at radius 3 is 2.50 bits per heavy atom. The molecule has 2 aliphatic rings. The number of nitrogens with one attached hydrogen (secondary N) is 1. The van der Waals surface area contributed by atoms with Crippen LogP contribution in [0.15, 0.2) is 58.1 Å². The minimum atomic E-state index is -1.63. The highest BCUT2D eigenvalue weighted by Crippen LogP contribution is 2.61. The number of likely N-dealkylation sites (N-methyl/N-ethyl adjacent to an activating group) is 1. The van der Waals surface area contributed by atoms with Crippen LogP contribution < -0.4 is 19.1 Å². The first-order valence-corrected chi connectivity index (χ1v) is 18.8. The van der Waals surface area contributed by atoms with Crippen LogP contribution >= 0.6 is 28.8 Å². The third-order valence-electron chi connectivity index (χ3n) is 8.37. The summed E-state index contributed by atoms with van der Waals surface area (Å²) in [5.41, 5.74) is 4.11. The van der Waals surface area contributed by atoms with Gasteiger partial charge in [0.05, 0.1) is 24.5 Å². The summed E-state index contributed by atoms with van der Waals surface area (Å²) in [7, 11) is 1.75. The molecule has 3 aromatic rings. The van der Waals surface area contributed by atoms with Gasteiger partial charge in [0, 0.05) is 56.1 Å². The van der Waals surface area contributed by atoms with E-state index in [2.05, 4.69) is 27.5 Å². The number of methoxy groups -OCH3 is 2. The van der Waals surface area contributed by atoms with E-state index in [1.54, 1.807) is 25.6 Å². The molecule has 42 heavy (non-hydrogen) atoms. The van der Waals surface area contributed by atoms with E-state index in [-0.39, 0.29) is 19.6 Å². The highest BCUT2D eigenvalue weighted by atomic mass is 32.8. The Labute approximate surface area is 256 Å². The Morgan fingerprint density at radius 1 is 1.05 bits per heavy atom. The van der Waals surface area contributed by atoms with Crippen LogP contribution in [0.2, 0.25) is 0 Å². The second kappa shape index (κ2) is 13.8. The lowest BCUT2D eigenvalue weighted by Crippen LogP contribution is -2.46. The van der Waals surface area contributed by atoms with Gasteiger partial charge >= 0.3 is 0 Å². The van der Waals surface area contributed by atoms with Crippen molar-refractivity contribution >= 4 is 40.4 Å². The summed E-state index contributed by atoms with van der Waals surface area (Å²) < 4.78 is 28.0. The molecule has 1 aromatic heterocycles. The zero-order chi connectivity index (χ0) is 29.7. The van der Waals surface area contributed by atoms with E-state index in [4.69, 9.17) is 9.47 Å². The Balaban J connectivity index is 1.38. The van der Waals surface area contributed by atoms with Crippen molar-refractivity contribution in [3.8, 4) is 11.5 Å². The van der Waals surface area contributed by atoms with Gasteiger partial charge < -0.3 is 24.2 Å². The minimum Gasteiger partial charge on any atom is -0.493 e. The van der Waals surface area contributed by atoms with E-state index < -0.39 is 9.83 Å². The topological polar surface area (TPSA) is 74.3 Å². The van der Waals surface area contributed by atoms with Crippen LogP contribution in [-0.2, 0) is 11.1 Å². The molecule has 0 bridgehead atoms. The van der Waals surface area contributed by atoms with Crippen LogP contribution in [0, 0.1) is 0 Å². The first-order valence-electron chi connectivity index (χ1n) is 14.5. The predicted molar refractivity (Wildman–Crippen MR) is 174 cm³/mol. The lowest BCUT2D eigenvalue weighted by Gasteiger charge is -2.36. The number of amides is 1. The molecule has 2 aliphatic heterocycles. The molecule has 2 atom stereocenters. The summed E-state index contributed by atoms with van der Waals surface area (Å²) in [4.78, 5) is 20.9.